The number of hydrogen-bond acceptors (Lipinski definition) is 4. The standard InChI is InChI=1S/C17H10ClI2NO2S2/c18-11-3-1-9(2-4-11)8-23-15-12(19)5-10(6-13(15)20)7-14-16(22)21-17(24)25-14/h1-7H,8H2,(H,21,22,24)/b14-7-. The van der Waals surface area contributed by atoms with Crippen LogP contribution < -0.4 is 10.1 Å². The molecule has 0 bridgehead atoms. The van der Waals surface area contributed by atoms with Crippen LogP contribution in [-0.4, -0.2) is 10.2 Å². The number of carbonyl (C=O) groups is 1. The van der Waals surface area contributed by atoms with E-state index < -0.39 is 0 Å². The van der Waals surface area contributed by atoms with Gasteiger partial charge in [-0.25, -0.2) is 0 Å². The number of thiocarbonyl (C=S) groups is 1. The third-order valence-electron chi connectivity index (χ3n) is 3.26. The second kappa shape index (κ2) is 8.55. The lowest BCUT2D eigenvalue weighted by molar-refractivity contribution is -0.115. The molecule has 0 atom stereocenters. The molecule has 0 saturated carbocycles. The lowest BCUT2D eigenvalue weighted by Crippen LogP contribution is -2.17. The van der Waals surface area contributed by atoms with Crippen molar-refractivity contribution in [1.29, 1.82) is 0 Å². The maximum absolute atomic E-state index is 11.8. The van der Waals surface area contributed by atoms with Crippen LogP contribution in [0.3, 0.4) is 0 Å². The monoisotopic (exact) mass is 613 g/mol. The number of halogens is 3. The van der Waals surface area contributed by atoms with Gasteiger partial charge in [0, 0.05) is 5.02 Å². The van der Waals surface area contributed by atoms with Gasteiger partial charge in [-0.05, 0) is 86.7 Å². The summed E-state index contributed by atoms with van der Waals surface area (Å²) in [6, 6.07) is 11.6. The Morgan fingerprint density at radius 2 is 1.84 bits per heavy atom. The van der Waals surface area contributed by atoms with Gasteiger partial charge in [0.2, 0.25) is 0 Å². The third kappa shape index (κ3) is 5.09. The zero-order valence-electron chi connectivity index (χ0n) is 12.5. The Kier molecular flexibility index (Phi) is 6.64. The molecule has 8 heteroatoms. The van der Waals surface area contributed by atoms with Crippen LogP contribution in [0.4, 0.5) is 0 Å². The van der Waals surface area contributed by atoms with Gasteiger partial charge >= 0.3 is 0 Å². The van der Waals surface area contributed by atoms with Crippen molar-refractivity contribution in [2.75, 3.05) is 0 Å². The van der Waals surface area contributed by atoms with Crippen molar-refractivity contribution >= 4 is 97.1 Å². The molecule has 1 saturated heterocycles. The Morgan fingerprint density at radius 3 is 2.40 bits per heavy atom. The predicted molar refractivity (Wildman–Crippen MR) is 124 cm³/mol. The summed E-state index contributed by atoms with van der Waals surface area (Å²) < 4.78 is 8.43. The van der Waals surface area contributed by atoms with E-state index in [4.69, 9.17) is 28.6 Å². The highest BCUT2D eigenvalue weighted by Gasteiger charge is 2.22. The SMILES string of the molecule is O=C1NC(=S)S/C1=C\c1cc(I)c(OCc2ccc(Cl)cc2)c(I)c1. The number of hydrogen-bond donors (Lipinski definition) is 1. The number of rotatable bonds is 4. The van der Waals surface area contributed by atoms with Crippen molar-refractivity contribution in [3.8, 4) is 5.75 Å². The molecule has 3 nitrogen and oxygen atoms in total. The Balaban J connectivity index is 1.78. The van der Waals surface area contributed by atoms with Crippen molar-refractivity contribution < 1.29 is 9.53 Å². The van der Waals surface area contributed by atoms with Crippen molar-refractivity contribution in [3.63, 3.8) is 0 Å². The van der Waals surface area contributed by atoms with Gasteiger partial charge in [-0.15, -0.1) is 0 Å². The van der Waals surface area contributed by atoms with Gasteiger partial charge in [-0.2, -0.15) is 0 Å². The molecule has 1 aliphatic rings. The summed E-state index contributed by atoms with van der Waals surface area (Å²) >= 11 is 16.7. The van der Waals surface area contributed by atoms with Crippen LogP contribution in [0.2, 0.25) is 5.02 Å². The highest BCUT2D eigenvalue weighted by molar-refractivity contribution is 14.1. The summed E-state index contributed by atoms with van der Waals surface area (Å²) in [6.07, 6.45) is 1.84. The summed E-state index contributed by atoms with van der Waals surface area (Å²) in [5.74, 6) is 0.681. The van der Waals surface area contributed by atoms with Gasteiger partial charge in [0.05, 0.1) is 12.0 Å². The molecule has 1 N–H and O–H groups in total. The van der Waals surface area contributed by atoms with E-state index in [0.717, 1.165) is 24.0 Å². The van der Waals surface area contributed by atoms with Crippen LogP contribution in [-0.2, 0) is 11.4 Å². The van der Waals surface area contributed by atoms with E-state index in [1.807, 2.05) is 42.5 Å². The largest absolute Gasteiger partial charge is 0.487 e. The number of nitrogens with one attached hydrogen (secondary N) is 1. The Hall–Kier alpha value is -0.360. The lowest BCUT2D eigenvalue weighted by atomic mass is 10.2. The highest BCUT2D eigenvalue weighted by Crippen LogP contribution is 2.32. The minimum Gasteiger partial charge on any atom is -0.487 e. The zero-order chi connectivity index (χ0) is 18.0. The molecule has 3 rings (SSSR count). The molecule has 1 heterocycles. The summed E-state index contributed by atoms with van der Waals surface area (Å²) in [4.78, 5) is 12.4. The minimum atomic E-state index is -0.150. The fourth-order valence-corrected chi connectivity index (χ4v) is 5.41. The highest BCUT2D eigenvalue weighted by atomic mass is 127. The predicted octanol–water partition coefficient (Wildman–Crippen LogP) is 5.62. The van der Waals surface area contributed by atoms with E-state index in [1.165, 1.54) is 11.8 Å². The minimum absolute atomic E-state index is 0.150. The molecule has 25 heavy (non-hydrogen) atoms. The number of thioether (sulfide) groups is 1. The summed E-state index contributed by atoms with van der Waals surface area (Å²) in [5.41, 5.74) is 1.99. The van der Waals surface area contributed by atoms with Gasteiger partial charge in [0.15, 0.2) is 0 Å². The number of benzene rings is 2. The molecule has 0 aromatic heterocycles. The first-order valence-corrected chi connectivity index (χ1v) is 10.8. The van der Waals surface area contributed by atoms with Crippen LogP contribution in [0.5, 0.6) is 5.75 Å². The molecule has 1 aliphatic heterocycles. The lowest BCUT2D eigenvalue weighted by Gasteiger charge is -2.12. The van der Waals surface area contributed by atoms with E-state index in [2.05, 4.69) is 50.5 Å². The molecule has 0 radical (unpaired) electrons. The molecular formula is C17H10ClI2NO2S2. The zero-order valence-corrected chi connectivity index (χ0v) is 19.2. The van der Waals surface area contributed by atoms with E-state index in [0.29, 0.717) is 20.9 Å². The average molecular weight is 614 g/mol. The maximum atomic E-state index is 11.8. The molecule has 1 amide bonds. The fourth-order valence-electron chi connectivity index (χ4n) is 2.11. The van der Waals surface area contributed by atoms with Gasteiger partial charge in [-0.1, -0.05) is 47.7 Å². The molecule has 1 fully saturated rings. The molecule has 128 valence electrons. The molecule has 2 aromatic carbocycles. The molecular weight excluding hydrogens is 604 g/mol. The summed E-state index contributed by atoms with van der Waals surface area (Å²) in [5, 5.41) is 3.33. The van der Waals surface area contributed by atoms with Crippen LogP contribution in [0.15, 0.2) is 41.3 Å². The van der Waals surface area contributed by atoms with Gasteiger partial charge in [-0.3, -0.25) is 4.79 Å². The number of carbonyl (C=O) groups excluding carboxylic acids is 1. The van der Waals surface area contributed by atoms with Crippen LogP contribution in [0.25, 0.3) is 6.08 Å². The van der Waals surface area contributed by atoms with E-state index >= 15 is 0 Å². The molecule has 2 aromatic rings. The summed E-state index contributed by atoms with van der Waals surface area (Å²) in [7, 11) is 0. The van der Waals surface area contributed by atoms with Crippen molar-refractivity contribution in [2.45, 2.75) is 6.61 Å². The van der Waals surface area contributed by atoms with Crippen LogP contribution in [0, 0.1) is 7.14 Å². The van der Waals surface area contributed by atoms with Crippen molar-refractivity contribution in [1.82, 2.24) is 5.32 Å². The van der Waals surface area contributed by atoms with E-state index in [9.17, 15) is 4.79 Å². The van der Waals surface area contributed by atoms with Crippen LogP contribution in [0.1, 0.15) is 11.1 Å². The topological polar surface area (TPSA) is 38.3 Å². The van der Waals surface area contributed by atoms with Crippen molar-refractivity contribution in [3.05, 3.63) is 64.6 Å². The van der Waals surface area contributed by atoms with Gasteiger partial charge in [0.25, 0.3) is 5.91 Å². The van der Waals surface area contributed by atoms with Gasteiger partial charge < -0.3 is 10.1 Å². The number of amides is 1. The first-order valence-electron chi connectivity index (χ1n) is 7.03. The van der Waals surface area contributed by atoms with Crippen molar-refractivity contribution in [2.24, 2.45) is 0 Å². The normalized spacial score (nSPS) is 15.6. The Bertz CT molecular complexity index is 862. The second-order valence-electron chi connectivity index (χ2n) is 5.08. The second-order valence-corrected chi connectivity index (χ2v) is 9.56. The Labute approximate surface area is 187 Å². The molecule has 0 unspecified atom stereocenters. The van der Waals surface area contributed by atoms with E-state index in [-0.39, 0.29) is 5.91 Å². The Morgan fingerprint density at radius 1 is 1.20 bits per heavy atom. The maximum Gasteiger partial charge on any atom is 0.263 e. The molecule has 0 spiro atoms. The molecule has 0 aliphatic carbocycles. The average Bonchev–Trinajstić information content (AvgIpc) is 2.86. The fraction of sp³-hybridized carbons (Fsp3) is 0.0588. The quantitative estimate of drug-likeness (QED) is 0.276. The first kappa shape index (κ1) is 19.4. The van der Waals surface area contributed by atoms with E-state index in [1.54, 1.807) is 0 Å². The smallest absolute Gasteiger partial charge is 0.263 e. The van der Waals surface area contributed by atoms with Crippen LogP contribution >= 0.6 is 80.8 Å². The van der Waals surface area contributed by atoms with Gasteiger partial charge in [0.1, 0.15) is 16.7 Å². The number of ether oxygens (including phenoxy) is 1. The first-order chi connectivity index (χ1) is 11.9. The summed E-state index contributed by atoms with van der Waals surface area (Å²) in [6.45, 7) is 0.468. The third-order valence-corrected chi connectivity index (χ3v) is 6.27.